The maximum absolute atomic E-state index is 11.6. The number of nitrogens with zero attached hydrogens (tertiary/aromatic N) is 1. The number of aromatic amines is 1. The van der Waals surface area contributed by atoms with Crippen LogP contribution in [-0.4, -0.2) is 27.9 Å². The van der Waals surface area contributed by atoms with E-state index in [9.17, 15) is 14.7 Å². The Morgan fingerprint density at radius 3 is 2.58 bits per heavy atom. The fourth-order valence-corrected chi connectivity index (χ4v) is 1.70. The van der Waals surface area contributed by atoms with E-state index in [-0.39, 0.29) is 18.0 Å². The van der Waals surface area contributed by atoms with Crippen molar-refractivity contribution in [2.45, 2.75) is 40.2 Å². The van der Waals surface area contributed by atoms with E-state index in [0.717, 1.165) is 11.0 Å². The molecule has 1 aromatic heterocycles. The summed E-state index contributed by atoms with van der Waals surface area (Å²) in [5.74, 6) is 0.305. The summed E-state index contributed by atoms with van der Waals surface area (Å²) in [4.78, 5) is 25.2. The monoisotopic (exact) mass is 270 g/mol. The number of aromatic hydroxyl groups is 1. The van der Waals surface area contributed by atoms with E-state index >= 15 is 0 Å². The topological polar surface area (TPSA) is 84.3 Å². The third-order valence-corrected chi connectivity index (χ3v) is 2.92. The zero-order valence-electron chi connectivity index (χ0n) is 11.7. The smallest absolute Gasteiger partial charge is 0.331 e. The van der Waals surface area contributed by atoms with E-state index in [1.54, 1.807) is 6.92 Å². The lowest BCUT2D eigenvalue weighted by molar-refractivity contribution is 0.113. The van der Waals surface area contributed by atoms with Crippen molar-refractivity contribution < 1.29 is 9.84 Å². The number of hydrogen-bond acceptors (Lipinski definition) is 4. The van der Waals surface area contributed by atoms with Gasteiger partial charge < -0.3 is 9.84 Å². The van der Waals surface area contributed by atoms with Crippen molar-refractivity contribution in [1.29, 1.82) is 0 Å². The average molecular weight is 270 g/mol. The molecule has 0 spiro atoms. The van der Waals surface area contributed by atoms with E-state index in [0.29, 0.717) is 25.6 Å². The van der Waals surface area contributed by atoms with Crippen LogP contribution in [0.2, 0.25) is 0 Å². The molecular weight excluding hydrogens is 248 g/mol. The van der Waals surface area contributed by atoms with Crippen LogP contribution in [0.4, 0.5) is 0 Å². The lowest BCUT2D eigenvalue weighted by Gasteiger charge is -2.11. The Bertz CT molecular complexity index is 516. The van der Waals surface area contributed by atoms with Gasteiger partial charge in [0.15, 0.2) is 0 Å². The van der Waals surface area contributed by atoms with Crippen molar-refractivity contribution in [3.8, 4) is 5.88 Å². The fraction of sp³-hybridized carbons (Fsp3) is 0.692. The first-order chi connectivity index (χ1) is 8.97. The quantitative estimate of drug-likeness (QED) is 0.720. The molecule has 6 heteroatoms. The first-order valence-electron chi connectivity index (χ1n) is 6.60. The molecule has 0 unspecified atom stereocenters. The minimum absolute atomic E-state index is 0.224. The summed E-state index contributed by atoms with van der Waals surface area (Å²) in [6, 6.07) is 0. The fourth-order valence-electron chi connectivity index (χ4n) is 1.70. The molecule has 0 atom stereocenters. The van der Waals surface area contributed by atoms with Crippen LogP contribution in [0.3, 0.4) is 0 Å². The summed E-state index contributed by atoms with van der Waals surface area (Å²) in [5.41, 5.74) is -0.907. The van der Waals surface area contributed by atoms with Crippen molar-refractivity contribution in [1.82, 2.24) is 9.55 Å². The Morgan fingerprint density at radius 2 is 2.00 bits per heavy atom. The molecule has 0 radical (unpaired) electrons. The second-order valence-electron chi connectivity index (χ2n) is 4.86. The van der Waals surface area contributed by atoms with Crippen molar-refractivity contribution in [2.24, 2.45) is 5.92 Å². The molecule has 0 saturated carbocycles. The molecule has 0 aliphatic rings. The van der Waals surface area contributed by atoms with Gasteiger partial charge in [-0.05, 0) is 18.8 Å². The minimum Gasteiger partial charge on any atom is -0.494 e. The van der Waals surface area contributed by atoms with Gasteiger partial charge >= 0.3 is 5.69 Å². The van der Waals surface area contributed by atoms with Gasteiger partial charge in [0.25, 0.3) is 5.56 Å². The van der Waals surface area contributed by atoms with Crippen LogP contribution in [0.25, 0.3) is 0 Å². The third kappa shape index (κ3) is 4.24. The highest BCUT2D eigenvalue weighted by Crippen LogP contribution is 2.10. The van der Waals surface area contributed by atoms with Gasteiger partial charge in [0.2, 0.25) is 5.88 Å². The zero-order valence-corrected chi connectivity index (χ0v) is 11.7. The van der Waals surface area contributed by atoms with E-state index < -0.39 is 11.2 Å². The van der Waals surface area contributed by atoms with E-state index in [4.69, 9.17) is 4.74 Å². The lowest BCUT2D eigenvalue weighted by atomic mass is 10.1. The number of rotatable bonds is 7. The largest absolute Gasteiger partial charge is 0.494 e. The SMILES string of the molecule is CCc1c(O)n(CCOCCC(C)C)c(=O)[nH]c1=O. The van der Waals surface area contributed by atoms with Crippen molar-refractivity contribution >= 4 is 0 Å². The molecule has 0 fully saturated rings. The van der Waals surface area contributed by atoms with Gasteiger partial charge in [-0.25, -0.2) is 4.79 Å². The minimum atomic E-state index is -0.604. The Balaban J connectivity index is 2.69. The van der Waals surface area contributed by atoms with Crippen molar-refractivity contribution in [2.75, 3.05) is 13.2 Å². The molecule has 1 heterocycles. The first-order valence-corrected chi connectivity index (χ1v) is 6.60. The average Bonchev–Trinajstić information content (AvgIpc) is 2.32. The number of nitrogens with one attached hydrogen (secondary N) is 1. The molecule has 2 N–H and O–H groups in total. The van der Waals surface area contributed by atoms with E-state index in [1.165, 1.54) is 0 Å². The predicted octanol–water partition coefficient (Wildman–Crippen LogP) is 0.867. The second-order valence-corrected chi connectivity index (χ2v) is 4.86. The molecule has 0 aliphatic heterocycles. The highest BCUT2D eigenvalue weighted by molar-refractivity contribution is 5.22. The normalized spacial score (nSPS) is 11.2. The molecule has 0 aliphatic carbocycles. The summed E-state index contributed by atoms with van der Waals surface area (Å²) in [6.07, 6.45) is 1.32. The molecule has 108 valence electrons. The van der Waals surface area contributed by atoms with Crippen LogP contribution < -0.4 is 11.2 Å². The van der Waals surface area contributed by atoms with Gasteiger partial charge in [0.1, 0.15) is 0 Å². The lowest BCUT2D eigenvalue weighted by Crippen LogP contribution is -2.33. The maximum Gasteiger partial charge on any atom is 0.331 e. The zero-order chi connectivity index (χ0) is 14.4. The van der Waals surface area contributed by atoms with Crippen LogP contribution in [0, 0.1) is 5.92 Å². The number of hydrogen-bond donors (Lipinski definition) is 2. The first kappa shape index (κ1) is 15.5. The third-order valence-electron chi connectivity index (χ3n) is 2.92. The van der Waals surface area contributed by atoms with Crippen LogP contribution in [0.15, 0.2) is 9.59 Å². The molecule has 6 nitrogen and oxygen atoms in total. The molecule has 1 aromatic rings. The van der Waals surface area contributed by atoms with E-state index in [1.807, 2.05) is 0 Å². The number of aromatic nitrogens is 2. The predicted molar refractivity (Wildman–Crippen MR) is 72.6 cm³/mol. The summed E-state index contributed by atoms with van der Waals surface area (Å²) in [6.45, 7) is 7.14. The molecule has 19 heavy (non-hydrogen) atoms. The number of H-pyrrole nitrogens is 1. The van der Waals surface area contributed by atoms with Crippen LogP contribution in [0.5, 0.6) is 5.88 Å². The van der Waals surface area contributed by atoms with Gasteiger partial charge in [0.05, 0.1) is 18.7 Å². The summed E-state index contributed by atoms with van der Waals surface area (Å²) < 4.78 is 6.53. The summed E-state index contributed by atoms with van der Waals surface area (Å²) in [5, 5.41) is 9.88. The highest BCUT2D eigenvalue weighted by Gasteiger charge is 2.11. The van der Waals surface area contributed by atoms with Crippen molar-refractivity contribution in [3.63, 3.8) is 0 Å². The Labute approximate surface area is 112 Å². The Kier molecular flexibility index (Phi) is 5.82. The van der Waals surface area contributed by atoms with Gasteiger partial charge in [-0.2, -0.15) is 0 Å². The van der Waals surface area contributed by atoms with Gasteiger partial charge in [0, 0.05) is 6.61 Å². The standard InChI is InChI=1S/C13H22N2O4/c1-4-10-11(16)14-13(18)15(12(10)17)6-8-19-7-5-9(2)3/h9,17H,4-8H2,1-3H3,(H,14,16,18). The molecule has 0 amide bonds. The highest BCUT2D eigenvalue weighted by atomic mass is 16.5. The van der Waals surface area contributed by atoms with E-state index in [2.05, 4.69) is 18.8 Å². The van der Waals surface area contributed by atoms with Crippen LogP contribution in [-0.2, 0) is 17.7 Å². The second kappa shape index (κ2) is 7.13. The molecule has 1 rings (SSSR count). The Hall–Kier alpha value is -1.56. The summed E-state index contributed by atoms with van der Waals surface area (Å²) >= 11 is 0. The Morgan fingerprint density at radius 1 is 1.32 bits per heavy atom. The number of ether oxygens (including phenoxy) is 1. The molecule has 0 aromatic carbocycles. The van der Waals surface area contributed by atoms with Crippen LogP contribution >= 0.6 is 0 Å². The van der Waals surface area contributed by atoms with Gasteiger partial charge in [-0.3, -0.25) is 14.3 Å². The van der Waals surface area contributed by atoms with Crippen LogP contribution in [0.1, 0.15) is 32.8 Å². The molecule has 0 bridgehead atoms. The molecule has 0 saturated heterocycles. The van der Waals surface area contributed by atoms with Crippen molar-refractivity contribution in [3.05, 3.63) is 26.4 Å². The van der Waals surface area contributed by atoms with Gasteiger partial charge in [-0.15, -0.1) is 0 Å². The summed E-state index contributed by atoms with van der Waals surface area (Å²) in [7, 11) is 0. The molecular formula is C13H22N2O4. The van der Waals surface area contributed by atoms with Gasteiger partial charge in [-0.1, -0.05) is 20.8 Å². The maximum atomic E-state index is 11.6.